The van der Waals surface area contributed by atoms with Crippen LogP contribution in [0.4, 0.5) is 8.78 Å². The third kappa shape index (κ3) is 3.20. The van der Waals surface area contributed by atoms with Crippen molar-refractivity contribution in [1.29, 1.82) is 0 Å². The van der Waals surface area contributed by atoms with Crippen LogP contribution in [0.15, 0.2) is 35.0 Å². The van der Waals surface area contributed by atoms with Crippen LogP contribution >= 0.6 is 11.3 Å². The SMILES string of the molecule is CC(O)(CNC(=O)c1ccsc1)c1ccc(F)cc1F. The van der Waals surface area contributed by atoms with Gasteiger partial charge in [0.05, 0.1) is 6.54 Å². The molecule has 2 N–H and O–H groups in total. The fourth-order valence-electron chi connectivity index (χ4n) is 1.77. The molecule has 1 unspecified atom stereocenters. The Morgan fingerprint density at radius 3 is 2.75 bits per heavy atom. The lowest BCUT2D eigenvalue weighted by Gasteiger charge is -2.24. The molecule has 0 bridgehead atoms. The summed E-state index contributed by atoms with van der Waals surface area (Å²) in [6.45, 7) is 1.18. The van der Waals surface area contributed by atoms with E-state index in [0.29, 0.717) is 11.6 Å². The van der Waals surface area contributed by atoms with Gasteiger partial charge < -0.3 is 10.4 Å². The van der Waals surface area contributed by atoms with Gasteiger partial charge in [0.2, 0.25) is 0 Å². The number of carbonyl (C=O) groups is 1. The Morgan fingerprint density at radius 1 is 1.40 bits per heavy atom. The fraction of sp³-hybridized carbons (Fsp3) is 0.214. The Hall–Kier alpha value is -1.79. The zero-order valence-electron chi connectivity index (χ0n) is 10.7. The number of thiophene rings is 1. The number of aliphatic hydroxyl groups is 1. The Bertz CT molecular complexity index is 612. The molecule has 2 rings (SSSR count). The highest BCUT2D eigenvalue weighted by molar-refractivity contribution is 7.08. The summed E-state index contributed by atoms with van der Waals surface area (Å²) in [5, 5.41) is 16.2. The molecule has 106 valence electrons. The summed E-state index contributed by atoms with van der Waals surface area (Å²) >= 11 is 1.38. The maximum Gasteiger partial charge on any atom is 0.252 e. The molecule has 0 aliphatic rings. The van der Waals surface area contributed by atoms with E-state index in [9.17, 15) is 18.7 Å². The van der Waals surface area contributed by atoms with Gasteiger partial charge in [0.1, 0.15) is 17.2 Å². The van der Waals surface area contributed by atoms with Crippen molar-refractivity contribution in [2.45, 2.75) is 12.5 Å². The van der Waals surface area contributed by atoms with Gasteiger partial charge in [-0.05, 0) is 24.4 Å². The first-order chi connectivity index (χ1) is 9.40. The average Bonchev–Trinajstić information content (AvgIpc) is 2.89. The Morgan fingerprint density at radius 2 is 2.15 bits per heavy atom. The van der Waals surface area contributed by atoms with E-state index in [4.69, 9.17) is 0 Å². The van der Waals surface area contributed by atoms with Crippen LogP contribution in [0.5, 0.6) is 0 Å². The summed E-state index contributed by atoms with van der Waals surface area (Å²) in [4.78, 5) is 11.8. The number of benzene rings is 1. The highest BCUT2D eigenvalue weighted by atomic mass is 32.1. The summed E-state index contributed by atoms with van der Waals surface area (Å²) < 4.78 is 26.5. The molecule has 0 fully saturated rings. The van der Waals surface area contributed by atoms with Crippen LogP contribution in [-0.2, 0) is 5.60 Å². The van der Waals surface area contributed by atoms with Gasteiger partial charge in [-0.2, -0.15) is 11.3 Å². The standard InChI is InChI=1S/C14H13F2NO2S/c1-14(19,11-3-2-10(15)6-12(11)16)8-17-13(18)9-4-5-20-7-9/h2-7,19H,8H2,1H3,(H,17,18). The van der Waals surface area contributed by atoms with Crippen LogP contribution in [-0.4, -0.2) is 17.6 Å². The molecule has 1 aromatic heterocycles. The maximum atomic E-state index is 13.6. The Labute approximate surface area is 118 Å². The lowest BCUT2D eigenvalue weighted by atomic mass is 9.95. The number of amides is 1. The monoisotopic (exact) mass is 297 g/mol. The van der Waals surface area contributed by atoms with E-state index in [-0.39, 0.29) is 18.0 Å². The fourth-order valence-corrected chi connectivity index (χ4v) is 2.41. The molecular weight excluding hydrogens is 284 g/mol. The summed E-state index contributed by atoms with van der Waals surface area (Å²) in [7, 11) is 0. The van der Waals surface area contributed by atoms with E-state index in [1.165, 1.54) is 24.3 Å². The van der Waals surface area contributed by atoms with Gasteiger partial charge in [-0.25, -0.2) is 8.78 Å². The number of hydrogen-bond donors (Lipinski definition) is 2. The van der Waals surface area contributed by atoms with Gasteiger partial charge in [-0.3, -0.25) is 4.79 Å². The van der Waals surface area contributed by atoms with Crippen molar-refractivity contribution in [2.75, 3.05) is 6.54 Å². The number of carbonyl (C=O) groups excluding carboxylic acids is 1. The van der Waals surface area contributed by atoms with Crippen molar-refractivity contribution in [3.8, 4) is 0 Å². The van der Waals surface area contributed by atoms with E-state index >= 15 is 0 Å². The number of nitrogens with one attached hydrogen (secondary N) is 1. The van der Waals surface area contributed by atoms with Crippen LogP contribution in [0.1, 0.15) is 22.8 Å². The molecular formula is C14H13F2NO2S. The van der Waals surface area contributed by atoms with Gasteiger partial charge in [-0.15, -0.1) is 0 Å². The van der Waals surface area contributed by atoms with Gasteiger partial charge in [-0.1, -0.05) is 6.07 Å². The van der Waals surface area contributed by atoms with Crippen LogP contribution in [0.3, 0.4) is 0 Å². The minimum Gasteiger partial charge on any atom is -0.383 e. The third-order valence-electron chi connectivity index (χ3n) is 2.89. The summed E-state index contributed by atoms with van der Waals surface area (Å²) in [5.41, 5.74) is -1.21. The molecule has 1 atom stereocenters. The molecule has 20 heavy (non-hydrogen) atoms. The van der Waals surface area contributed by atoms with Crippen molar-refractivity contribution in [3.63, 3.8) is 0 Å². The molecule has 1 heterocycles. The van der Waals surface area contributed by atoms with Crippen LogP contribution < -0.4 is 5.32 Å². The molecule has 0 aliphatic carbocycles. The normalized spacial score (nSPS) is 13.8. The van der Waals surface area contributed by atoms with Gasteiger partial charge >= 0.3 is 0 Å². The van der Waals surface area contributed by atoms with E-state index in [1.54, 1.807) is 16.8 Å². The van der Waals surface area contributed by atoms with Crippen molar-refractivity contribution in [3.05, 3.63) is 57.8 Å². The second-order valence-corrected chi connectivity index (χ2v) is 5.37. The van der Waals surface area contributed by atoms with E-state index in [0.717, 1.165) is 6.07 Å². The second kappa shape index (κ2) is 5.68. The maximum absolute atomic E-state index is 13.6. The number of halogens is 2. The zero-order valence-corrected chi connectivity index (χ0v) is 11.5. The molecule has 3 nitrogen and oxygen atoms in total. The summed E-state index contributed by atoms with van der Waals surface area (Å²) in [6, 6.07) is 4.58. The molecule has 0 spiro atoms. The first kappa shape index (κ1) is 14.6. The quantitative estimate of drug-likeness (QED) is 0.911. The molecule has 0 saturated carbocycles. The second-order valence-electron chi connectivity index (χ2n) is 4.59. The van der Waals surface area contributed by atoms with Gasteiger partial charge in [0, 0.05) is 22.6 Å². The van der Waals surface area contributed by atoms with E-state index in [1.807, 2.05) is 0 Å². The van der Waals surface area contributed by atoms with Crippen LogP contribution in [0, 0.1) is 11.6 Å². The topological polar surface area (TPSA) is 49.3 Å². The van der Waals surface area contributed by atoms with Gasteiger partial charge in [0.25, 0.3) is 5.91 Å². The predicted octanol–water partition coefficient (Wildman–Crippen LogP) is 2.66. The van der Waals surface area contributed by atoms with E-state index in [2.05, 4.69) is 5.32 Å². The highest BCUT2D eigenvalue weighted by Gasteiger charge is 2.27. The highest BCUT2D eigenvalue weighted by Crippen LogP contribution is 2.23. The minimum atomic E-state index is -1.62. The molecule has 0 aliphatic heterocycles. The van der Waals surface area contributed by atoms with Crippen molar-refractivity contribution in [1.82, 2.24) is 5.32 Å². The van der Waals surface area contributed by atoms with E-state index < -0.39 is 17.2 Å². The lowest BCUT2D eigenvalue weighted by molar-refractivity contribution is 0.0494. The molecule has 6 heteroatoms. The predicted molar refractivity (Wildman–Crippen MR) is 72.6 cm³/mol. The zero-order chi connectivity index (χ0) is 14.8. The molecule has 0 radical (unpaired) electrons. The number of rotatable bonds is 4. The Balaban J connectivity index is 2.09. The molecule has 1 amide bonds. The number of hydrogen-bond acceptors (Lipinski definition) is 3. The largest absolute Gasteiger partial charge is 0.383 e. The van der Waals surface area contributed by atoms with Crippen molar-refractivity contribution >= 4 is 17.2 Å². The summed E-state index contributed by atoms with van der Waals surface area (Å²) in [6.07, 6.45) is 0. The van der Waals surface area contributed by atoms with Crippen LogP contribution in [0.2, 0.25) is 0 Å². The third-order valence-corrected chi connectivity index (χ3v) is 3.57. The summed E-state index contributed by atoms with van der Waals surface area (Å²) in [5.74, 6) is -1.92. The molecule has 0 saturated heterocycles. The lowest BCUT2D eigenvalue weighted by Crippen LogP contribution is -2.39. The van der Waals surface area contributed by atoms with Gasteiger partial charge in [0.15, 0.2) is 0 Å². The molecule has 1 aromatic carbocycles. The smallest absolute Gasteiger partial charge is 0.252 e. The first-order valence-corrected chi connectivity index (χ1v) is 6.83. The average molecular weight is 297 g/mol. The van der Waals surface area contributed by atoms with Crippen molar-refractivity contribution in [2.24, 2.45) is 0 Å². The van der Waals surface area contributed by atoms with Crippen molar-refractivity contribution < 1.29 is 18.7 Å². The van der Waals surface area contributed by atoms with Crippen LogP contribution in [0.25, 0.3) is 0 Å². The molecule has 2 aromatic rings. The minimum absolute atomic E-state index is 0.0653. The Kier molecular flexibility index (Phi) is 4.15. The first-order valence-electron chi connectivity index (χ1n) is 5.88.